The van der Waals surface area contributed by atoms with Crippen LogP contribution in [0.1, 0.15) is 21.5 Å². The quantitative estimate of drug-likeness (QED) is 0.267. The van der Waals surface area contributed by atoms with E-state index >= 15 is 0 Å². The molecule has 0 heterocycles. The van der Waals surface area contributed by atoms with Crippen LogP contribution in [-0.4, -0.2) is 24.6 Å². The van der Waals surface area contributed by atoms with E-state index in [9.17, 15) is 27.2 Å². The van der Waals surface area contributed by atoms with Crippen LogP contribution in [0.2, 0.25) is 5.02 Å². The standard InChI is InChI=1S/C23H16ClF4N3O3/c24-17-10-14(12-29-31-22(33)15-4-3-5-16(11-15)23(26,27)28)8-9-20(17)34-13-21(32)30-19-7-2-1-6-18(19)25/h1-12H,13H2,(H,30,32)(H,31,33)/b29-12-. The zero-order valence-corrected chi connectivity index (χ0v) is 18.0. The molecule has 0 aromatic heterocycles. The summed E-state index contributed by atoms with van der Waals surface area (Å²) in [5.41, 5.74) is 1.43. The maximum absolute atomic E-state index is 13.6. The lowest BCUT2D eigenvalue weighted by Gasteiger charge is -2.10. The molecule has 0 saturated heterocycles. The molecule has 0 spiro atoms. The molecule has 0 unspecified atom stereocenters. The van der Waals surface area contributed by atoms with Crippen molar-refractivity contribution in [3.05, 3.63) is 94.3 Å². The van der Waals surface area contributed by atoms with E-state index in [0.717, 1.165) is 18.2 Å². The van der Waals surface area contributed by atoms with Crippen LogP contribution in [0.15, 0.2) is 71.8 Å². The van der Waals surface area contributed by atoms with Gasteiger partial charge in [0, 0.05) is 5.56 Å². The maximum Gasteiger partial charge on any atom is 0.416 e. The normalized spacial score (nSPS) is 11.3. The van der Waals surface area contributed by atoms with Crippen molar-refractivity contribution in [1.82, 2.24) is 5.43 Å². The molecule has 0 aliphatic carbocycles. The first kappa shape index (κ1) is 24.7. The van der Waals surface area contributed by atoms with E-state index in [4.69, 9.17) is 16.3 Å². The molecule has 0 radical (unpaired) electrons. The highest BCUT2D eigenvalue weighted by Crippen LogP contribution is 2.29. The fourth-order valence-electron chi connectivity index (χ4n) is 2.67. The van der Waals surface area contributed by atoms with Crippen molar-refractivity contribution in [3.63, 3.8) is 0 Å². The number of alkyl halides is 3. The van der Waals surface area contributed by atoms with Gasteiger partial charge in [-0.3, -0.25) is 9.59 Å². The topological polar surface area (TPSA) is 79.8 Å². The molecule has 0 aliphatic heterocycles. The van der Waals surface area contributed by atoms with Crippen molar-refractivity contribution in [1.29, 1.82) is 0 Å². The Kier molecular flexibility index (Phi) is 7.85. The van der Waals surface area contributed by atoms with Crippen LogP contribution in [0.4, 0.5) is 23.2 Å². The number of rotatable bonds is 7. The highest BCUT2D eigenvalue weighted by Gasteiger charge is 2.30. The average molecular weight is 494 g/mol. The lowest BCUT2D eigenvalue weighted by atomic mass is 10.1. The molecular formula is C23H16ClF4N3O3. The second kappa shape index (κ2) is 10.8. The summed E-state index contributed by atoms with van der Waals surface area (Å²) in [4.78, 5) is 24.0. The first-order valence-corrected chi connectivity index (χ1v) is 9.98. The fraction of sp³-hybridized carbons (Fsp3) is 0.0870. The van der Waals surface area contributed by atoms with Gasteiger partial charge in [-0.05, 0) is 54.1 Å². The van der Waals surface area contributed by atoms with Crippen molar-refractivity contribution < 1.29 is 31.9 Å². The van der Waals surface area contributed by atoms with Gasteiger partial charge in [0.05, 0.1) is 22.5 Å². The van der Waals surface area contributed by atoms with Gasteiger partial charge in [-0.1, -0.05) is 29.8 Å². The minimum atomic E-state index is -4.57. The van der Waals surface area contributed by atoms with Gasteiger partial charge in [0.1, 0.15) is 11.6 Å². The Labute approximate surface area is 196 Å². The molecule has 3 rings (SSSR count). The molecular weight excluding hydrogens is 478 g/mol. The number of anilines is 1. The Morgan fingerprint density at radius 2 is 1.79 bits per heavy atom. The third kappa shape index (κ3) is 6.79. The number of nitrogens with zero attached hydrogens (tertiary/aromatic N) is 1. The number of hydrazone groups is 1. The molecule has 0 fully saturated rings. The zero-order valence-electron chi connectivity index (χ0n) is 17.2. The van der Waals surface area contributed by atoms with Gasteiger partial charge in [-0.25, -0.2) is 9.82 Å². The van der Waals surface area contributed by atoms with E-state index < -0.39 is 36.0 Å². The van der Waals surface area contributed by atoms with Crippen LogP contribution < -0.4 is 15.5 Å². The van der Waals surface area contributed by atoms with E-state index in [2.05, 4.69) is 15.8 Å². The molecule has 176 valence electrons. The minimum absolute atomic E-state index is 0.0148. The molecule has 3 aromatic rings. The summed E-state index contributed by atoms with van der Waals surface area (Å²) in [5.74, 6) is -1.83. The smallest absolute Gasteiger partial charge is 0.416 e. The molecule has 0 atom stereocenters. The maximum atomic E-state index is 13.6. The lowest BCUT2D eigenvalue weighted by molar-refractivity contribution is -0.137. The van der Waals surface area contributed by atoms with Gasteiger partial charge in [-0.2, -0.15) is 18.3 Å². The van der Waals surface area contributed by atoms with Crippen LogP contribution in [0.25, 0.3) is 0 Å². The van der Waals surface area contributed by atoms with Crippen molar-refractivity contribution in [2.75, 3.05) is 11.9 Å². The predicted molar refractivity (Wildman–Crippen MR) is 118 cm³/mol. The molecule has 0 saturated carbocycles. The second-order valence-electron chi connectivity index (χ2n) is 6.78. The van der Waals surface area contributed by atoms with Gasteiger partial charge in [0.2, 0.25) is 0 Å². The number of benzene rings is 3. The zero-order chi connectivity index (χ0) is 24.7. The molecule has 0 bridgehead atoms. The number of hydrogen-bond acceptors (Lipinski definition) is 4. The first-order valence-electron chi connectivity index (χ1n) is 9.61. The Balaban J connectivity index is 1.55. The van der Waals surface area contributed by atoms with E-state index in [1.54, 1.807) is 6.07 Å². The van der Waals surface area contributed by atoms with Gasteiger partial charge in [0.25, 0.3) is 11.8 Å². The summed E-state index contributed by atoms with van der Waals surface area (Å²) >= 11 is 6.12. The Hall–Kier alpha value is -3.92. The highest BCUT2D eigenvalue weighted by atomic mass is 35.5. The largest absolute Gasteiger partial charge is 0.482 e. The predicted octanol–water partition coefficient (Wildman–Crippen LogP) is 5.28. The van der Waals surface area contributed by atoms with Crippen molar-refractivity contribution in [2.24, 2.45) is 5.10 Å². The summed E-state index contributed by atoms with van der Waals surface area (Å²) in [7, 11) is 0. The Morgan fingerprint density at radius 1 is 1.03 bits per heavy atom. The van der Waals surface area contributed by atoms with Crippen molar-refractivity contribution in [3.8, 4) is 5.75 Å². The van der Waals surface area contributed by atoms with E-state index in [1.165, 1.54) is 48.7 Å². The van der Waals surface area contributed by atoms with Crippen molar-refractivity contribution >= 4 is 35.3 Å². The summed E-state index contributed by atoms with van der Waals surface area (Å²) in [6.45, 7) is -0.422. The van der Waals surface area contributed by atoms with Crippen molar-refractivity contribution in [2.45, 2.75) is 6.18 Å². The monoisotopic (exact) mass is 493 g/mol. The summed E-state index contributed by atoms with van der Waals surface area (Å²) < 4.78 is 57.2. The third-order valence-corrected chi connectivity index (χ3v) is 4.59. The number of hydrogen-bond donors (Lipinski definition) is 2. The SMILES string of the molecule is O=C(COc1ccc(/C=N\NC(=O)c2cccc(C(F)(F)F)c2)cc1Cl)Nc1ccccc1F. The fourth-order valence-corrected chi connectivity index (χ4v) is 2.92. The number of nitrogens with one attached hydrogen (secondary N) is 2. The molecule has 11 heteroatoms. The summed E-state index contributed by atoms with van der Waals surface area (Å²) in [5, 5.41) is 6.21. The lowest BCUT2D eigenvalue weighted by Crippen LogP contribution is -2.20. The van der Waals surface area contributed by atoms with E-state index in [1.807, 2.05) is 0 Å². The van der Waals surface area contributed by atoms with Crippen LogP contribution in [0, 0.1) is 5.82 Å². The molecule has 2 amide bonds. The third-order valence-electron chi connectivity index (χ3n) is 4.29. The highest BCUT2D eigenvalue weighted by molar-refractivity contribution is 6.32. The molecule has 6 nitrogen and oxygen atoms in total. The molecule has 34 heavy (non-hydrogen) atoms. The molecule has 0 aliphatic rings. The van der Waals surface area contributed by atoms with Gasteiger partial charge < -0.3 is 10.1 Å². The number of halogens is 5. The summed E-state index contributed by atoms with van der Waals surface area (Å²) in [6, 6.07) is 14.0. The van der Waals surface area contributed by atoms with E-state index in [-0.39, 0.29) is 22.0 Å². The molecule has 2 N–H and O–H groups in total. The van der Waals surface area contributed by atoms with Crippen LogP contribution in [0.5, 0.6) is 5.75 Å². The summed E-state index contributed by atoms with van der Waals surface area (Å²) in [6.07, 6.45) is -3.34. The number of ether oxygens (including phenoxy) is 1. The minimum Gasteiger partial charge on any atom is -0.482 e. The van der Waals surface area contributed by atoms with E-state index in [0.29, 0.717) is 5.56 Å². The second-order valence-corrected chi connectivity index (χ2v) is 7.19. The van der Waals surface area contributed by atoms with Gasteiger partial charge >= 0.3 is 6.18 Å². The van der Waals surface area contributed by atoms with Crippen LogP contribution in [0.3, 0.4) is 0 Å². The number of carbonyl (C=O) groups excluding carboxylic acids is 2. The number of amides is 2. The molecule has 3 aromatic carbocycles. The van der Waals surface area contributed by atoms with Gasteiger partial charge in [0.15, 0.2) is 6.61 Å². The number of carbonyl (C=O) groups is 2. The van der Waals surface area contributed by atoms with Crippen LogP contribution >= 0.6 is 11.6 Å². The Bertz CT molecular complexity index is 1230. The number of para-hydroxylation sites is 1. The Morgan fingerprint density at radius 3 is 2.50 bits per heavy atom. The first-order chi connectivity index (χ1) is 16.1. The average Bonchev–Trinajstić information content (AvgIpc) is 2.79. The van der Waals surface area contributed by atoms with Gasteiger partial charge in [-0.15, -0.1) is 0 Å². The van der Waals surface area contributed by atoms with Crippen LogP contribution in [-0.2, 0) is 11.0 Å².